The van der Waals surface area contributed by atoms with Crippen molar-refractivity contribution >= 4 is 5.97 Å². The minimum atomic E-state index is -0.465. The number of hydrogen-bond acceptors (Lipinski definition) is 4. The molecule has 1 heterocycles. The van der Waals surface area contributed by atoms with Crippen molar-refractivity contribution in [1.29, 1.82) is 0 Å². The van der Waals surface area contributed by atoms with Crippen LogP contribution in [0.1, 0.15) is 17.4 Å². The van der Waals surface area contributed by atoms with E-state index < -0.39 is 5.97 Å². The number of carbonyl (C=O) groups excluding carboxylic acids is 1. The summed E-state index contributed by atoms with van der Waals surface area (Å²) in [5.41, 5.74) is 0.779. The summed E-state index contributed by atoms with van der Waals surface area (Å²) in [6.07, 6.45) is 2.87. The number of carbonyl (C=O) groups is 1. The van der Waals surface area contributed by atoms with Crippen LogP contribution in [-0.4, -0.2) is 27.2 Å². The fourth-order valence-electron chi connectivity index (χ4n) is 1.51. The van der Waals surface area contributed by atoms with Gasteiger partial charge in [-0.25, -0.2) is 9.78 Å². The van der Waals surface area contributed by atoms with E-state index in [2.05, 4.69) is 4.98 Å². The van der Waals surface area contributed by atoms with Crippen molar-refractivity contribution in [1.82, 2.24) is 9.55 Å². The smallest absolute Gasteiger partial charge is 0.356 e. The molecule has 0 fully saturated rings. The second-order valence-corrected chi connectivity index (χ2v) is 3.36. The SMILES string of the molecule is CCOC(=O)c1cncn1-c1ccccc1O. The van der Waals surface area contributed by atoms with Crippen LogP contribution in [0, 0.1) is 0 Å². The standard InChI is InChI=1S/C12H12N2O3/c1-2-17-12(16)10-7-13-8-14(10)9-5-3-4-6-11(9)15/h3-8,15H,2H2,1H3. The molecular weight excluding hydrogens is 220 g/mol. The molecule has 5 heteroatoms. The van der Waals surface area contributed by atoms with Gasteiger partial charge in [-0.05, 0) is 19.1 Å². The minimum Gasteiger partial charge on any atom is -0.506 e. The van der Waals surface area contributed by atoms with E-state index in [-0.39, 0.29) is 11.4 Å². The second kappa shape index (κ2) is 4.69. The maximum atomic E-state index is 11.6. The Hall–Kier alpha value is -2.30. The van der Waals surface area contributed by atoms with Crippen molar-refractivity contribution in [3.63, 3.8) is 0 Å². The topological polar surface area (TPSA) is 64.3 Å². The highest BCUT2D eigenvalue weighted by Crippen LogP contribution is 2.22. The number of phenols is 1. The summed E-state index contributed by atoms with van der Waals surface area (Å²) in [5.74, 6) is -0.385. The Labute approximate surface area is 98.3 Å². The van der Waals surface area contributed by atoms with Gasteiger partial charge >= 0.3 is 5.97 Å². The first-order valence-corrected chi connectivity index (χ1v) is 5.22. The Morgan fingerprint density at radius 3 is 2.94 bits per heavy atom. The van der Waals surface area contributed by atoms with Gasteiger partial charge in [-0.3, -0.25) is 4.57 Å². The summed E-state index contributed by atoms with van der Waals surface area (Å²) >= 11 is 0. The van der Waals surface area contributed by atoms with Gasteiger partial charge in [-0.2, -0.15) is 0 Å². The summed E-state index contributed by atoms with van der Waals surface area (Å²) in [6.45, 7) is 2.03. The van der Waals surface area contributed by atoms with Gasteiger partial charge in [-0.1, -0.05) is 12.1 Å². The molecule has 0 radical (unpaired) electrons. The molecule has 2 rings (SSSR count). The van der Waals surface area contributed by atoms with Crippen molar-refractivity contribution in [3.05, 3.63) is 42.5 Å². The number of esters is 1. The number of phenolic OH excluding ortho intramolecular Hbond substituents is 1. The molecule has 0 unspecified atom stereocenters. The Balaban J connectivity index is 2.44. The quantitative estimate of drug-likeness (QED) is 0.819. The monoisotopic (exact) mass is 232 g/mol. The Morgan fingerprint density at radius 2 is 2.24 bits per heavy atom. The first-order chi connectivity index (χ1) is 8.24. The molecule has 0 spiro atoms. The van der Waals surface area contributed by atoms with Crippen LogP contribution in [0.15, 0.2) is 36.8 Å². The predicted octanol–water partition coefficient (Wildman–Crippen LogP) is 1.75. The number of hydrogen-bond donors (Lipinski definition) is 1. The molecule has 0 saturated carbocycles. The number of para-hydroxylation sites is 2. The average molecular weight is 232 g/mol. The number of aromatic nitrogens is 2. The first-order valence-electron chi connectivity index (χ1n) is 5.22. The highest BCUT2D eigenvalue weighted by Gasteiger charge is 2.15. The van der Waals surface area contributed by atoms with Crippen LogP contribution in [0.2, 0.25) is 0 Å². The average Bonchev–Trinajstić information content (AvgIpc) is 2.79. The molecule has 1 aromatic carbocycles. The highest BCUT2D eigenvalue weighted by atomic mass is 16.5. The normalized spacial score (nSPS) is 10.2. The van der Waals surface area contributed by atoms with Crippen LogP contribution in [0.5, 0.6) is 5.75 Å². The van der Waals surface area contributed by atoms with E-state index in [0.29, 0.717) is 12.3 Å². The molecule has 1 N–H and O–H groups in total. The summed E-state index contributed by atoms with van der Waals surface area (Å²) in [6, 6.07) is 6.72. The molecule has 88 valence electrons. The Bertz CT molecular complexity index is 534. The van der Waals surface area contributed by atoms with Crippen molar-refractivity contribution in [2.24, 2.45) is 0 Å². The maximum absolute atomic E-state index is 11.6. The zero-order valence-electron chi connectivity index (χ0n) is 9.33. The summed E-state index contributed by atoms with van der Waals surface area (Å²) in [5, 5.41) is 9.72. The van der Waals surface area contributed by atoms with Crippen LogP contribution in [0.3, 0.4) is 0 Å². The number of benzene rings is 1. The maximum Gasteiger partial charge on any atom is 0.356 e. The number of imidazole rings is 1. The highest BCUT2D eigenvalue weighted by molar-refractivity contribution is 5.88. The summed E-state index contributed by atoms with van der Waals surface area (Å²) in [7, 11) is 0. The lowest BCUT2D eigenvalue weighted by molar-refractivity contribution is 0.0517. The van der Waals surface area contributed by atoms with E-state index in [9.17, 15) is 9.90 Å². The van der Waals surface area contributed by atoms with Gasteiger partial charge in [0.2, 0.25) is 0 Å². The fourth-order valence-corrected chi connectivity index (χ4v) is 1.51. The van der Waals surface area contributed by atoms with E-state index in [0.717, 1.165) is 0 Å². The van der Waals surface area contributed by atoms with Crippen LogP contribution >= 0.6 is 0 Å². The van der Waals surface area contributed by atoms with Gasteiger partial charge in [0.15, 0.2) is 5.69 Å². The molecule has 0 amide bonds. The largest absolute Gasteiger partial charge is 0.506 e. The fraction of sp³-hybridized carbons (Fsp3) is 0.167. The molecule has 0 atom stereocenters. The van der Waals surface area contributed by atoms with Crippen LogP contribution in [-0.2, 0) is 4.74 Å². The van der Waals surface area contributed by atoms with Crippen molar-refractivity contribution < 1.29 is 14.6 Å². The molecule has 2 aromatic rings. The third-order valence-electron chi connectivity index (χ3n) is 2.26. The van der Waals surface area contributed by atoms with E-state index in [1.165, 1.54) is 17.1 Å². The van der Waals surface area contributed by atoms with E-state index >= 15 is 0 Å². The predicted molar refractivity (Wildman–Crippen MR) is 61.2 cm³/mol. The molecule has 0 aliphatic heterocycles. The second-order valence-electron chi connectivity index (χ2n) is 3.36. The van der Waals surface area contributed by atoms with Gasteiger partial charge in [-0.15, -0.1) is 0 Å². The van der Waals surface area contributed by atoms with E-state index in [1.807, 2.05) is 0 Å². The number of aromatic hydroxyl groups is 1. The molecule has 5 nitrogen and oxygen atoms in total. The third kappa shape index (κ3) is 2.13. The lowest BCUT2D eigenvalue weighted by atomic mass is 10.3. The molecule has 0 aliphatic rings. The lowest BCUT2D eigenvalue weighted by Gasteiger charge is -2.08. The summed E-state index contributed by atoms with van der Waals surface area (Å²) < 4.78 is 6.40. The number of rotatable bonds is 3. The zero-order chi connectivity index (χ0) is 12.3. The Kier molecular flexibility index (Phi) is 3.09. The molecule has 0 aliphatic carbocycles. The van der Waals surface area contributed by atoms with Gasteiger partial charge in [0.1, 0.15) is 5.75 Å². The third-order valence-corrected chi connectivity index (χ3v) is 2.26. The van der Waals surface area contributed by atoms with Crippen molar-refractivity contribution in [2.45, 2.75) is 6.92 Å². The van der Waals surface area contributed by atoms with Crippen molar-refractivity contribution in [2.75, 3.05) is 6.61 Å². The molecule has 17 heavy (non-hydrogen) atoms. The molecule has 0 bridgehead atoms. The lowest BCUT2D eigenvalue weighted by Crippen LogP contribution is -2.10. The molecule has 1 aromatic heterocycles. The Morgan fingerprint density at radius 1 is 1.47 bits per heavy atom. The van der Waals surface area contributed by atoms with E-state index in [4.69, 9.17) is 4.74 Å². The number of nitrogens with zero attached hydrogens (tertiary/aromatic N) is 2. The number of ether oxygens (including phenoxy) is 1. The van der Waals surface area contributed by atoms with Crippen molar-refractivity contribution in [3.8, 4) is 11.4 Å². The van der Waals surface area contributed by atoms with E-state index in [1.54, 1.807) is 31.2 Å². The molecular formula is C12H12N2O3. The van der Waals surface area contributed by atoms with Gasteiger partial charge in [0.05, 0.1) is 24.8 Å². The minimum absolute atomic E-state index is 0.0797. The van der Waals surface area contributed by atoms with Crippen LogP contribution < -0.4 is 0 Å². The zero-order valence-corrected chi connectivity index (χ0v) is 9.33. The molecule has 0 saturated heterocycles. The van der Waals surface area contributed by atoms with Gasteiger partial charge in [0.25, 0.3) is 0 Å². The van der Waals surface area contributed by atoms with Crippen LogP contribution in [0.25, 0.3) is 5.69 Å². The van der Waals surface area contributed by atoms with Crippen LogP contribution in [0.4, 0.5) is 0 Å². The first kappa shape index (κ1) is 11.2. The van der Waals surface area contributed by atoms with Gasteiger partial charge in [0, 0.05) is 0 Å². The van der Waals surface area contributed by atoms with Gasteiger partial charge < -0.3 is 9.84 Å². The summed E-state index contributed by atoms with van der Waals surface area (Å²) in [4.78, 5) is 15.5.